The molecule has 1 atom stereocenters. The Morgan fingerprint density at radius 2 is 1.71 bits per heavy atom. The average molecular weight is 224 g/mol. The van der Waals surface area contributed by atoms with E-state index in [1.807, 2.05) is 0 Å². The molecule has 0 aromatic carbocycles. The van der Waals surface area contributed by atoms with Gasteiger partial charge in [-0.2, -0.15) is 8.42 Å². The van der Waals surface area contributed by atoms with Gasteiger partial charge in [0.15, 0.2) is 0 Å². The third kappa shape index (κ3) is 9.95. The molecule has 0 fully saturated rings. The van der Waals surface area contributed by atoms with Crippen molar-refractivity contribution in [1.29, 1.82) is 0 Å². The first-order valence-corrected chi connectivity index (χ1v) is 6.70. The van der Waals surface area contributed by atoms with Gasteiger partial charge in [0.1, 0.15) is 0 Å². The van der Waals surface area contributed by atoms with Crippen LogP contribution < -0.4 is 0 Å². The van der Waals surface area contributed by atoms with Crippen LogP contribution in [0.15, 0.2) is 0 Å². The quantitative estimate of drug-likeness (QED) is 0.485. The minimum Gasteiger partial charge on any atom is -0.393 e. The first-order chi connectivity index (χ1) is 6.45. The normalized spacial score (nSPS) is 14.2. The molecule has 0 spiro atoms. The van der Waals surface area contributed by atoms with Crippen molar-refractivity contribution in [2.75, 3.05) is 5.75 Å². The monoisotopic (exact) mass is 224 g/mol. The molecular formula is C9H20O4S. The van der Waals surface area contributed by atoms with Crippen LogP contribution in [-0.2, 0) is 10.1 Å². The molecule has 14 heavy (non-hydrogen) atoms. The summed E-state index contributed by atoms with van der Waals surface area (Å²) in [5, 5.41) is 9.40. The Balaban J connectivity index is 3.36. The van der Waals surface area contributed by atoms with Crippen molar-refractivity contribution in [3.8, 4) is 0 Å². The summed E-state index contributed by atoms with van der Waals surface area (Å²) in [5.74, 6) is -0.201. The van der Waals surface area contributed by atoms with Crippen LogP contribution in [0.4, 0.5) is 0 Å². The van der Waals surface area contributed by atoms with E-state index in [1.54, 1.807) is 0 Å². The Morgan fingerprint density at radius 3 is 2.21 bits per heavy atom. The molecule has 0 aliphatic rings. The van der Waals surface area contributed by atoms with Crippen molar-refractivity contribution in [2.45, 2.75) is 51.6 Å². The standard InChI is InChI=1S/C9H20O4S/c1-2-3-6-9(10)7-4-5-8-14(11,12)13/h9-10H,2-8H2,1H3,(H,11,12,13). The molecule has 4 nitrogen and oxygen atoms in total. The summed E-state index contributed by atoms with van der Waals surface area (Å²) in [7, 11) is -3.82. The molecule has 0 aromatic heterocycles. The summed E-state index contributed by atoms with van der Waals surface area (Å²) in [6.07, 6.45) is 4.20. The van der Waals surface area contributed by atoms with Gasteiger partial charge in [-0.1, -0.05) is 19.8 Å². The summed E-state index contributed by atoms with van der Waals surface area (Å²) in [5.41, 5.74) is 0. The van der Waals surface area contributed by atoms with E-state index in [1.165, 1.54) is 0 Å². The number of hydrogen-bond donors (Lipinski definition) is 2. The maximum Gasteiger partial charge on any atom is 0.264 e. The van der Waals surface area contributed by atoms with E-state index in [0.717, 1.165) is 19.3 Å². The highest BCUT2D eigenvalue weighted by atomic mass is 32.2. The molecular weight excluding hydrogens is 204 g/mol. The lowest BCUT2D eigenvalue weighted by molar-refractivity contribution is 0.148. The van der Waals surface area contributed by atoms with Gasteiger partial charge >= 0.3 is 0 Å². The van der Waals surface area contributed by atoms with Crippen molar-refractivity contribution in [3.05, 3.63) is 0 Å². The highest BCUT2D eigenvalue weighted by molar-refractivity contribution is 7.85. The predicted molar refractivity (Wildman–Crippen MR) is 55.8 cm³/mol. The lowest BCUT2D eigenvalue weighted by atomic mass is 10.1. The number of rotatable bonds is 8. The van der Waals surface area contributed by atoms with Gasteiger partial charge in [0.2, 0.25) is 0 Å². The van der Waals surface area contributed by atoms with E-state index in [-0.39, 0.29) is 11.9 Å². The average Bonchev–Trinajstić information content (AvgIpc) is 2.07. The van der Waals surface area contributed by atoms with Gasteiger partial charge < -0.3 is 5.11 Å². The molecule has 1 unspecified atom stereocenters. The summed E-state index contributed by atoms with van der Waals surface area (Å²) in [6.45, 7) is 2.06. The minimum atomic E-state index is -3.82. The zero-order chi connectivity index (χ0) is 11.0. The topological polar surface area (TPSA) is 74.6 Å². The maximum atomic E-state index is 10.3. The molecule has 2 N–H and O–H groups in total. The smallest absolute Gasteiger partial charge is 0.264 e. The Labute approximate surface area is 86.1 Å². The van der Waals surface area contributed by atoms with Crippen LogP contribution in [-0.4, -0.2) is 29.9 Å². The molecule has 5 heteroatoms. The van der Waals surface area contributed by atoms with Gasteiger partial charge in [-0.15, -0.1) is 0 Å². The molecule has 0 amide bonds. The van der Waals surface area contributed by atoms with E-state index in [9.17, 15) is 13.5 Å². The van der Waals surface area contributed by atoms with Gasteiger partial charge in [0.05, 0.1) is 11.9 Å². The molecule has 0 radical (unpaired) electrons. The molecule has 0 aromatic rings. The maximum absolute atomic E-state index is 10.3. The third-order valence-electron chi connectivity index (χ3n) is 2.08. The van der Waals surface area contributed by atoms with Crippen LogP contribution in [0.2, 0.25) is 0 Å². The lowest BCUT2D eigenvalue weighted by Crippen LogP contribution is -2.08. The highest BCUT2D eigenvalue weighted by Gasteiger charge is 2.06. The lowest BCUT2D eigenvalue weighted by Gasteiger charge is -2.08. The molecule has 0 aliphatic carbocycles. The molecule has 0 bridgehead atoms. The molecule has 0 saturated carbocycles. The molecule has 0 aliphatic heterocycles. The fourth-order valence-corrected chi connectivity index (χ4v) is 1.82. The van der Waals surface area contributed by atoms with Crippen LogP contribution in [0.3, 0.4) is 0 Å². The summed E-state index contributed by atoms with van der Waals surface area (Å²) < 4.78 is 29.1. The van der Waals surface area contributed by atoms with E-state index in [0.29, 0.717) is 19.3 Å². The molecule has 0 heterocycles. The van der Waals surface area contributed by atoms with E-state index in [4.69, 9.17) is 4.55 Å². The van der Waals surface area contributed by atoms with Crippen molar-refractivity contribution >= 4 is 10.1 Å². The number of unbranched alkanes of at least 4 members (excludes halogenated alkanes) is 2. The Bertz CT molecular complexity index is 223. The van der Waals surface area contributed by atoms with Crippen molar-refractivity contribution in [3.63, 3.8) is 0 Å². The van der Waals surface area contributed by atoms with Crippen LogP contribution in [0.1, 0.15) is 45.4 Å². The second-order valence-electron chi connectivity index (χ2n) is 3.58. The number of aliphatic hydroxyl groups excluding tert-OH is 1. The summed E-state index contributed by atoms with van der Waals surface area (Å²) >= 11 is 0. The van der Waals surface area contributed by atoms with Gasteiger partial charge in [-0.3, -0.25) is 4.55 Å². The SMILES string of the molecule is CCCCC(O)CCCCS(=O)(=O)O. The minimum absolute atomic E-state index is 0.201. The molecule has 0 saturated heterocycles. The summed E-state index contributed by atoms with van der Waals surface area (Å²) in [6, 6.07) is 0. The molecule has 0 rings (SSSR count). The number of aliphatic hydroxyl groups is 1. The van der Waals surface area contributed by atoms with Gasteiger partial charge in [0.25, 0.3) is 10.1 Å². The zero-order valence-electron chi connectivity index (χ0n) is 8.65. The third-order valence-corrected chi connectivity index (χ3v) is 2.89. The van der Waals surface area contributed by atoms with E-state index in [2.05, 4.69) is 6.92 Å². The fraction of sp³-hybridized carbons (Fsp3) is 1.00. The Kier molecular flexibility index (Phi) is 7.13. The fourth-order valence-electron chi connectivity index (χ4n) is 1.25. The zero-order valence-corrected chi connectivity index (χ0v) is 9.46. The van der Waals surface area contributed by atoms with Crippen LogP contribution in [0.5, 0.6) is 0 Å². The highest BCUT2D eigenvalue weighted by Crippen LogP contribution is 2.08. The van der Waals surface area contributed by atoms with Crippen LogP contribution >= 0.6 is 0 Å². The van der Waals surface area contributed by atoms with Gasteiger partial charge in [0, 0.05) is 0 Å². The van der Waals surface area contributed by atoms with E-state index < -0.39 is 10.1 Å². The van der Waals surface area contributed by atoms with Crippen LogP contribution in [0, 0.1) is 0 Å². The van der Waals surface area contributed by atoms with Crippen molar-refractivity contribution in [1.82, 2.24) is 0 Å². The van der Waals surface area contributed by atoms with Gasteiger partial charge in [-0.05, 0) is 25.7 Å². The largest absolute Gasteiger partial charge is 0.393 e. The predicted octanol–water partition coefficient (Wildman–Crippen LogP) is 1.60. The second kappa shape index (κ2) is 7.20. The Hall–Kier alpha value is -0.130. The van der Waals surface area contributed by atoms with Crippen molar-refractivity contribution < 1.29 is 18.1 Å². The van der Waals surface area contributed by atoms with Gasteiger partial charge in [-0.25, -0.2) is 0 Å². The Morgan fingerprint density at radius 1 is 1.14 bits per heavy atom. The first kappa shape index (κ1) is 13.9. The second-order valence-corrected chi connectivity index (χ2v) is 5.15. The van der Waals surface area contributed by atoms with Crippen molar-refractivity contribution in [2.24, 2.45) is 0 Å². The molecule has 86 valence electrons. The summed E-state index contributed by atoms with van der Waals surface area (Å²) in [4.78, 5) is 0. The first-order valence-electron chi connectivity index (χ1n) is 5.09. The number of hydrogen-bond acceptors (Lipinski definition) is 3. The van der Waals surface area contributed by atoms with E-state index >= 15 is 0 Å². The van der Waals surface area contributed by atoms with Crippen LogP contribution in [0.25, 0.3) is 0 Å².